The summed E-state index contributed by atoms with van der Waals surface area (Å²) in [5, 5.41) is 28.1. The van der Waals surface area contributed by atoms with Crippen LogP contribution in [0.25, 0.3) is 0 Å². The third-order valence-corrected chi connectivity index (χ3v) is 2.49. The first-order chi connectivity index (χ1) is 6.16. The number of aromatic hydroxyl groups is 2. The standard InChI is InChI=1S/C10H12O3/c11-7-1-2-9-6(3-7)4-8(12)5-10(9)13/h4-5,7,11-13H,1-3H2. The van der Waals surface area contributed by atoms with Crippen molar-refractivity contribution < 1.29 is 15.3 Å². The molecule has 0 amide bonds. The Morgan fingerprint density at radius 1 is 1.23 bits per heavy atom. The van der Waals surface area contributed by atoms with Crippen LogP contribution in [-0.4, -0.2) is 21.4 Å². The van der Waals surface area contributed by atoms with Gasteiger partial charge in [-0.3, -0.25) is 0 Å². The second-order valence-electron chi connectivity index (χ2n) is 3.50. The maximum atomic E-state index is 9.48. The molecule has 0 bridgehead atoms. The lowest BCUT2D eigenvalue weighted by molar-refractivity contribution is 0.158. The topological polar surface area (TPSA) is 60.7 Å². The van der Waals surface area contributed by atoms with Crippen LogP contribution in [0.3, 0.4) is 0 Å². The van der Waals surface area contributed by atoms with Crippen LogP contribution in [0.5, 0.6) is 11.5 Å². The Hall–Kier alpha value is -1.22. The summed E-state index contributed by atoms with van der Waals surface area (Å²) in [7, 11) is 0. The quantitative estimate of drug-likeness (QED) is 0.557. The van der Waals surface area contributed by atoms with Crippen molar-refractivity contribution in [2.24, 2.45) is 0 Å². The predicted molar refractivity (Wildman–Crippen MR) is 47.8 cm³/mol. The molecule has 0 heterocycles. The molecule has 3 nitrogen and oxygen atoms in total. The first-order valence-corrected chi connectivity index (χ1v) is 4.38. The average Bonchev–Trinajstić information content (AvgIpc) is 2.02. The largest absolute Gasteiger partial charge is 0.508 e. The van der Waals surface area contributed by atoms with Gasteiger partial charge in [-0.1, -0.05) is 0 Å². The van der Waals surface area contributed by atoms with Gasteiger partial charge >= 0.3 is 0 Å². The highest BCUT2D eigenvalue weighted by Gasteiger charge is 2.19. The minimum absolute atomic E-state index is 0.0605. The fourth-order valence-electron chi connectivity index (χ4n) is 1.84. The van der Waals surface area contributed by atoms with Crippen molar-refractivity contribution in [1.29, 1.82) is 0 Å². The zero-order valence-electron chi connectivity index (χ0n) is 7.20. The van der Waals surface area contributed by atoms with E-state index in [1.165, 1.54) is 6.07 Å². The lowest BCUT2D eigenvalue weighted by Crippen LogP contribution is -2.18. The maximum Gasteiger partial charge on any atom is 0.122 e. The summed E-state index contributed by atoms with van der Waals surface area (Å²) >= 11 is 0. The number of aliphatic hydroxyl groups is 1. The second kappa shape index (κ2) is 2.92. The highest BCUT2D eigenvalue weighted by Crippen LogP contribution is 2.32. The Morgan fingerprint density at radius 2 is 2.00 bits per heavy atom. The third-order valence-electron chi connectivity index (χ3n) is 2.49. The Morgan fingerprint density at radius 3 is 2.77 bits per heavy atom. The van der Waals surface area contributed by atoms with Gasteiger partial charge in [-0.25, -0.2) is 0 Å². The van der Waals surface area contributed by atoms with Gasteiger partial charge < -0.3 is 15.3 Å². The van der Waals surface area contributed by atoms with Crippen molar-refractivity contribution in [3.8, 4) is 11.5 Å². The molecule has 0 fully saturated rings. The zero-order valence-corrected chi connectivity index (χ0v) is 7.20. The third kappa shape index (κ3) is 1.47. The fraction of sp³-hybridized carbons (Fsp3) is 0.400. The van der Waals surface area contributed by atoms with Crippen LogP contribution in [0.15, 0.2) is 12.1 Å². The van der Waals surface area contributed by atoms with Crippen LogP contribution in [-0.2, 0) is 12.8 Å². The van der Waals surface area contributed by atoms with Crippen molar-refractivity contribution in [2.45, 2.75) is 25.4 Å². The molecule has 1 atom stereocenters. The molecule has 0 spiro atoms. The van der Waals surface area contributed by atoms with E-state index >= 15 is 0 Å². The Balaban J connectivity index is 2.47. The predicted octanol–water partition coefficient (Wildman–Crippen LogP) is 0.947. The number of benzene rings is 1. The van der Waals surface area contributed by atoms with Crippen LogP contribution >= 0.6 is 0 Å². The Bertz CT molecular complexity index is 333. The molecule has 13 heavy (non-hydrogen) atoms. The molecular weight excluding hydrogens is 168 g/mol. The zero-order chi connectivity index (χ0) is 9.42. The second-order valence-corrected chi connectivity index (χ2v) is 3.50. The van der Waals surface area contributed by atoms with Gasteiger partial charge in [0.05, 0.1) is 6.10 Å². The number of fused-ring (bicyclic) bond motifs is 1. The van der Waals surface area contributed by atoms with Gasteiger partial charge in [-0.15, -0.1) is 0 Å². The highest BCUT2D eigenvalue weighted by atomic mass is 16.3. The maximum absolute atomic E-state index is 9.48. The Labute approximate surface area is 76.3 Å². The summed E-state index contributed by atoms with van der Waals surface area (Å²) in [5.74, 6) is 0.201. The molecule has 0 aliphatic heterocycles. The van der Waals surface area contributed by atoms with Crippen molar-refractivity contribution in [2.75, 3.05) is 0 Å². The minimum atomic E-state index is -0.339. The van der Waals surface area contributed by atoms with Crippen molar-refractivity contribution in [1.82, 2.24) is 0 Å². The summed E-state index contributed by atoms with van der Waals surface area (Å²) < 4.78 is 0. The van der Waals surface area contributed by atoms with E-state index in [1.807, 2.05) is 0 Å². The van der Waals surface area contributed by atoms with E-state index in [-0.39, 0.29) is 17.6 Å². The smallest absolute Gasteiger partial charge is 0.122 e. The molecule has 0 saturated heterocycles. The molecule has 1 aliphatic carbocycles. The van der Waals surface area contributed by atoms with E-state index < -0.39 is 0 Å². The van der Waals surface area contributed by atoms with Gasteiger partial charge in [-0.05, 0) is 36.5 Å². The van der Waals surface area contributed by atoms with Gasteiger partial charge in [0, 0.05) is 6.07 Å². The van der Waals surface area contributed by atoms with E-state index in [4.69, 9.17) is 0 Å². The van der Waals surface area contributed by atoms with Crippen LogP contribution in [0.1, 0.15) is 17.5 Å². The van der Waals surface area contributed by atoms with Gasteiger partial charge in [0.2, 0.25) is 0 Å². The van der Waals surface area contributed by atoms with Gasteiger partial charge in [0.1, 0.15) is 11.5 Å². The van der Waals surface area contributed by atoms with E-state index in [0.29, 0.717) is 19.3 Å². The SMILES string of the molecule is Oc1cc(O)c2c(c1)CC(O)CC2. The number of aliphatic hydroxyl groups excluding tert-OH is 1. The lowest BCUT2D eigenvalue weighted by atomic mass is 9.89. The molecule has 1 unspecified atom stereocenters. The molecule has 0 radical (unpaired) electrons. The van der Waals surface area contributed by atoms with E-state index in [9.17, 15) is 15.3 Å². The van der Waals surface area contributed by atoms with Crippen LogP contribution in [0, 0.1) is 0 Å². The molecule has 1 aliphatic rings. The molecule has 3 heteroatoms. The minimum Gasteiger partial charge on any atom is -0.508 e. The van der Waals surface area contributed by atoms with E-state index in [1.54, 1.807) is 6.07 Å². The number of phenolic OH excluding ortho intramolecular Hbond substituents is 2. The normalized spacial score (nSPS) is 21.2. The van der Waals surface area contributed by atoms with Gasteiger partial charge in [-0.2, -0.15) is 0 Å². The number of hydrogen-bond acceptors (Lipinski definition) is 3. The van der Waals surface area contributed by atoms with Gasteiger partial charge in [0.15, 0.2) is 0 Å². The molecule has 0 saturated carbocycles. The van der Waals surface area contributed by atoms with Crippen LogP contribution < -0.4 is 0 Å². The summed E-state index contributed by atoms with van der Waals surface area (Å²) in [6.45, 7) is 0. The molecule has 2 rings (SSSR count). The first-order valence-electron chi connectivity index (χ1n) is 4.38. The highest BCUT2D eigenvalue weighted by molar-refractivity contribution is 5.46. The monoisotopic (exact) mass is 180 g/mol. The fourth-order valence-corrected chi connectivity index (χ4v) is 1.84. The van der Waals surface area contributed by atoms with E-state index in [2.05, 4.69) is 0 Å². The number of hydrogen-bond donors (Lipinski definition) is 3. The van der Waals surface area contributed by atoms with Crippen molar-refractivity contribution in [3.05, 3.63) is 23.3 Å². The molecule has 1 aromatic rings. The first kappa shape index (κ1) is 8.38. The molecule has 0 aromatic heterocycles. The van der Waals surface area contributed by atoms with Gasteiger partial charge in [0.25, 0.3) is 0 Å². The summed E-state index contributed by atoms with van der Waals surface area (Å²) in [5.41, 5.74) is 1.72. The molecule has 1 aromatic carbocycles. The lowest BCUT2D eigenvalue weighted by Gasteiger charge is -2.21. The molecular formula is C10H12O3. The van der Waals surface area contributed by atoms with Crippen LogP contribution in [0.2, 0.25) is 0 Å². The summed E-state index contributed by atoms with van der Waals surface area (Å²) in [6.07, 6.45) is 1.55. The molecule has 70 valence electrons. The van der Waals surface area contributed by atoms with Crippen LogP contribution in [0.4, 0.5) is 0 Å². The number of phenols is 2. The van der Waals surface area contributed by atoms with Crippen molar-refractivity contribution in [3.63, 3.8) is 0 Å². The summed E-state index contributed by atoms with van der Waals surface area (Å²) in [6, 6.07) is 2.95. The number of rotatable bonds is 0. The average molecular weight is 180 g/mol. The molecule has 3 N–H and O–H groups in total. The summed E-state index contributed by atoms with van der Waals surface area (Å²) in [4.78, 5) is 0. The van der Waals surface area contributed by atoms with Crippen molar-refractivity contribution >= 4 is 0 Å². The van der Waals surface area contributed by atoms with E-state index in [0.717, 1.165) is 11.1 Å². The Kier molecular flexibility index (Phi) is 1.88.